The molecule has 0 amide bonds. The Labute approximate surface area is 192 Å². The Kier molecular flexibility index (Phi) is 6.57. The molecule has 160 valence electrons. The lowest BCUT2D eigenvalue weighted by molar-refractivity contribution is -0.144. The van der Waals surface area contributed by atoms with Gasteiger partial charge in [0.05, 0.1) is 23.2 Å². The van der Waals surface area contributed by atoms with Crippen LogP contribution in [0.4, 0.5) is 0 Å². The zero-order valence-corrected chi connectivity index (χ0v) is 19.5. The maximum absolute atomic E-state index is 12.4. The molecule has 5 heteroatoms. The van der Waals surface area contributed by atoms with Crippen molar-refractivity contribution in [3.8, 4) is 17.2 Å². The van der Waals surface area contributed by atoms with Gasteiger partial charge in [-0.15, -0.1) is 0 Å². The number of rotatable bonds is 5. The Morgan fingerprint density at radius 1 is 1.26 bits per heavy atom. The van der Waals surface area contributed by atoms with Crippen molar-refractivity contribution >= 4 is 28.0 Å². The van der Waals surface area contributed by atoms with E-state index < -0.39 is 0 Å². The second kappa shape index (κ2) is 9.36. The van der Waals surface area contributed by atoms with E-state index in [0.717, 1.165) is 35.0 Å². The normalized spacial score (nSPS) is 30.1. The molecule has 1 aliphatic carbocycles. The fourth-order valence-electron chi connectivity index (χ4n) is 5.49. The van der Waals surface area contributed by atoms with E-state index in [1.165, 1.54) is 0 Å². The van der Waals surface area contributed by atoms with Crippen molar-refractivity contribution < 1.29 is 9.53 Å². The van der Waals surface area contributed by atoms with Crippen LogP contribution in [0, 0.1) is 40.9 Å². The lowest BCUT2D eigenvalue weighted by Crippen LogP contribution is -2.40. The minimum Gasteiger partial charge on any atom is -0.462 e. The Morgan fingerprint density at radius 3 is 2.77 bits per heavy atom. The van der Waals surface area contributed by atoms with Gasteiger partial charge in [-0.1, -0.05) is 53.2 Å². The third-order valence-electron chi connectivity index (χ3n) is 6.98. The van der Waals surface area contributed by atoms with Crippen molar-refractivity contribution in [3.05, 3.63) is 59.9 Å². The van der Waals surface area contributed by atoms with Crippen molar-refractivity contribution in [1.29, 1.82) is 5.26 Å². The summed E-state index contributed by atoms with van der Waals surface area (Å²) in [7, 11) is 0. The number of pyridine rings is 1. The monoisotopic (exact) mass is 478 g/mol. The molecule has 1 saturated carbocycles. The molecular weight excluding hydrogens is 452 g/mol. The van der Waals surface area contributed by atoms with Crippen LogP contribution in [0.2, 0.25) is 0 Å². The Balaban J connectivity index is 1.59. The van der Waals surface area contributed by atoms with Crippen LogP contribution in [-0.2, 0) is 9.53 Å². The lowest BCUT2D eigenvalue weighted by Gasteiger charge is -2.42. The average molecular weight is 479 g/mol. The van der Waals surface area contributed by atoms with Crippen molar-refractivity contribution in [3.63, 3.8) is 0 Å². The molecule has 2 fully saturated rings. The second-order valence-electron chi connectivity index (χ2n) is 8.75. The molecule has 0 radical (unpaired) electrons. The smallest absolute Gasteiger partial charge is 0.309 e. The van der Waals surface area contributed by atoms with E-state index in [0.29, 0.717) is 17.4 Å². The van der Waals surface area contributed by atoms with E-state index >= 15 is 0 Å². The summed E-state index contributed by atoms with van der Waals surface area (Å²) in [4.78, 5) is 17.0. The number of alkyl halides is 1. The number of carbonyl (C=O) groups excluding carboxylic acids is 1. The number of hydrogen-bond donors (Lipinski definition) is 0. The standard InChI is InChI=1S/C26H27BrN2O2/c1-16-13-24-25(17(2)31-26(24)30)23(21(16)11-12-27)10-9-20-8-7-19(15-29-20)22-6-4-3-5-18(22)14-28/h3-10,15-17,21,23-25H,11-13H2,1-2H3/b10-9+. The predicted molar refractivity (Wildman–Crippen MR) is 125 cm³/mol. The Bertz CT molecular complexity index is 1010. The van der Waals surface area contributed by atoms with E-state index in [4.69, 9.17) is 4.74 Å². The average Bonchev–Trinajstić information content (AvgIpc) is 3.07. The maximum Gasteiger partial charge on any atom is 0.309 e. The number of ether oxygens (including phenoxy) is 1. The summed E-state index contributed by atoms with van der Waals surface area (Å²) in [6.45, 7) is 4.30. The zero-order chi connectivity index (χ0) is 22.0. The highest BCUT2D eigenvalue weighted by atomic mass is 79.9. The molecule has 2 aliphatic rings. The highest BCUT2D eigenvalue weighted by Gasteiger charge is 2.52. The number of allylic oxidation sites excluding steroid dienone is 1. The molecule has 0 bridgehead atoms. The molecule has 1 aliphatic heterocycles. The van der Waals surface area contributed by atoms with Crippen molar-refractivity contribution in [1.82, 2.24) is 4.98 Å². The summed E-state index contributed by atoms with van der Waals surface area (Å²) in [5.74, 6) is 1.47. The Hall–Kier alpha value is -2.45. The van der Waals surface area contributed by atoms with Crippen LogP contribution in [-0.4, -0.2) is 22.4 Å². The largest absolute Gasteiger partial charge is 0.462 e. The van der Waals surface area contributed by atoms with Gasteiger partial charge in [0.25, 0.3) is 0 Å². The third kappa shape index (κ3) is 4.32. The predicted octanol–water partition coefficient (Wildman–Crippen LogP) is 5.87. The van der Waals surface area contributed by atoms with Crippen molar-refractivity contribution in [2.24, 2.45) is 29.6 Å². The quantitative estimate of drug-likeness (QED) is 0.398. The van der Waals surface area contributed by atoms with Crippen LogP contribution in [0.3, 0.4) is 0 Å². The number of benzene rings is 1. The van der Waals surface area contributed by atoms with Gasteiger partial charge in [-0.05, 0) is 55.7 Å². The van der Waals surface area contributed by atoms with Gasteiger partial charge in [-0.3, -0.25) is 9.78 Å². The van der Waals surface area contributed by atoms with Crippen LogP contribution in [0.1, 0.15) is 37.9 Å². The van der Waals surface area contributed by atoms with E-state index in [1.54, 1.807) is 0 Å². The number of aromatic nitrogens is 1. The summed E-state index contributed by atoms with van der Waals surface area (Å²) in [5, 5.41) is 10.3. The molecule has 6 atom stereocenters. The van der Waals surface area contributed by atoms with Crippen molar-refractivity contribution in [2.75, 3.05) is 5.33 Å². The molecule has 4 nitrogen and oxygen atoms in total. The third-order valence-corrected chi connectivity index (χ3v) is 7.44. The number of nitrogens with zero attached hydrogens (tertiary/aromatic N) is 2. The van der Waals surface area contributed by atoms with E-state index in [1.807, 2.05) is 49.5 Å². The van der Waals surface area contributed by atoms with Gasteiger partial charge in [0, 0.05) is 28.6 Å². The molecule has 1 saturated heterocycles. The van der Waals surface area contributed by atoms with E-state index in [2.05, 4.69) is 46.1 Å². The lowest BCUT2D eigenvalue weighted by atomic mass is 9.61. The summed E-state index contributed by atoms with van der Waals surface area (Å²) >= 11 is 3.62. The number of hydrogen-bond acceptors (Lipinski definition) is 4. The number of fused-ring (bicyclic) bond motifs is 1. The van der Waals surface area contributed by atoms with Gasteiger partial charge in [0.2, 0.25) is 0 Å². The first-order valence-corrected chi connectivity index (χ1v) is 12.1. The molecule has 0 spiro atoms. The number of halogens is 1. The van der Waals surface area contributed by atoms with Crippen LogP contribution in [0.15, 0.2) is 48.7 Å². The fourth-order valence-corrected chi connectivity index (χ4v) is 6.02. The SMILES string of the molecule is CC1CC2C(=O)OC(C)C2C(/C=C/c2ccc(-c3ccccc3C#N)cn2)C1CCBr. The number of nitriles is 1. The highest BCUT2D eigenvalue weighted by molar-refractivity contribution is 9.09. The second-order valence-corrected chi connectivity index (χ2v) is 9.54. The van der Waals surface area contributed by atoms with Crippen LogP contribution >= 0.6 is 15.9 Å². The Morgan fingerprint density at radius 2 is 2.06 bits per heavy atom. The van der Waals surface area contributed by atoms with E-state index in [9.17, 15) is 10.1 Å². The number of cyclic esters (lactones) is 1. The summed E-state index contributed by atoms with van der Waals surface area (Å²) in [6.07, 6.45) is 8.11. The molecule has 2 aromatic rings. The van der Waals surface area contributed by atoms with Gasteiger partial charge in [0.1, 0.15) is 6.10 Å². The van der Waals surface area contributed by atoms with Gasteiger partial charge >= 0.3 is 5.97 Å². The molecule has 2 heterocycles. The molecule has 31 heavy (non-hydrogen) atoms. The molecule has 0 N–H and O–H groups in total. The first kappa shape index (κ1) is 21.8. The fraction of sp³-hybridized carbons (Fsp3) is 0.423. The minimum absolute atomic E-state index is 0.00374. The summed E-state index contributed by atoms with van der Waals surface area (Å²) in [5.41, 5.74) is 3.35. The highest BCUT2D eigenvalue weighted by Crippen LogP contribution is 2.50. The van der Waals surface area contributed by atoms with Gasteiger partial charge in [0.15, 0.2) is 0 Å². The first-order valence-electron chi connectivity index (χ1n) is 10.9. The first-order chi connectivity index (χ1) is 15.0. The van der Waals surface area contributed by atoms with Gasteiger partial charge < -0.3 is 4.74 Å². The summed E-state index contributed by atoms with van der Waals surface area (Å²) < 4.78 is 5.63. The maximum atomic E-state index is 12.4. The topological polar surface area (TPSA) is 63.0 Å². The number of esters is 1. The van der Waals surface area contributed by atoms with Gasteiger partial charge in [-0.25, -0.2) is 0 Å². The molecule has 4 rings (SSSR count). The van der Waals surface area contributed by atoms with E-state index in [-0.39, 0.29) is 29.8 Å². The van der Waals surface area contributed by atoms with Crippen LogP contribution in [0.25, 0.3) is 17.2 Å². The van der Waals surface area contributed by atoms with Gasteiger partial charge in [-0.2, -0.15) is 5.26 Å². The summed E-state index contributed by atoms with van der Waals surface area (Å²) in [6, 6.07) is 13.8. The van der Waals surface area contributed by atoms with Crippen LogP contribution in [0.5, 0.6) is 0 Å². The zero-order valence-electron chi connectivity index (χ0n) is 17.9. The molecule has 1 aromatic carbocycles. The minimum atomic E-state index is -0.0460. The molecule has 1 aromatic heterocycles. The molecular formula is C26H27BrN2O2. The van der Waals surface area contributed by atoms with Crippen molar-refractivity contribution in [2.45, 2.75) is 32.8 Å². The number of carbonyl (C=O) groups is 1. The van der Waals surface area contributed by atoms with Crippen LogP contribution < -0.4 is 0 Å². The molecule has 6 unspecified atom stereocenters.